The van der Waals surface area contributed by atoms with Gasteiger partial charge in [-0.2, -0.15) is 0 Å². The number of carbonyl (C=O) groups is 4. The Labute approximate surface area is 882 Å². The topological polar surface area (TPSA) is 101 Å². The van der Waals surface area contributed by atoms with Crippen LogP contribution >= 0.6 is 43.3 Å². The molecule has 16 aromatic carbocycles. The Bertz CT molecular complexity index is 6220. The molecule has 0 radical (unpaired) electrons. The minimum atomic E-state index is -1.78. The van der Waals surface area contributed by atoms with E-state index in [1.807, 2.05) is 19.1 Å². The minimum Gasteiger partial charge on any atom is -0.269 e. The maximum atomic E-state index is 13.6. The molecule has 4 heterocycles. The number of fused-ring (bicyclic) bond motifs is 4. The Morgan fingerprint density at radius 3 is 0.752 bits per heavy atom. The molecule has 18 aromatic rings. The third kappa shape index (κ3) is 29.4. The maximum absolute atomic E-state index is 13.6. The van der Waals surface area contributed by atoms with Gasteiger partial charge in [-0.1, -0.05) is 406 Å². The van der Waals surface area contributed by atoms with E-state index in [1.54, 1.807) is 100.0 Å². The smallest absolute Gasteiger partial charge is 0.262 e. The van der Waals surface area contributed by atoms with Crippen molar-refractivity contribution in [2.24, 2.45) is 0 Å². The van der Waals surface area contributed by atoms with Gasteiger partial charge in [0.25, 0.3) is 23.6 Å². The Balaban J connectivity index is 0.000000142. The summed E-state index contributed by atoms with van der Waals surface area (Å²) in [7, 11) is -1.78. The molecular weight excluding hydrogens is 2080 g/mol. The van der Waals surface area contributed by atoms with Crippen LogP contribution in [0.5, 0.6) is 0 Å². The predicted molar refractivity (Wildman–Crippen MR) is 614 cm³/mol. The Morgan fingerprint density at radius 2 is 0.531 bits per heavy atom. The zero-order valence-electron chi connectivity index (χ0n) is 82.7. The average molecular weight is 2200 g/mol. The standard InChI is InChI=1S/C22H17FN2O2.C19H12ClFN2O2.4C18H15P.3C4H9.C3H5.Pd.Sn/c1-3-6-19-18(11-14-9-10-15(23)12-20(14)24-19)13(2)25-21(26)16-7-4-5-8-17(16)22(25)27;1-10(23-18(24)13-4-2-3-5-14(13)19(23)25)15-8-11-6-7-12(21)9-16(11)22-17(15)20;4*1-4-10-16(11-5-1)19(17-12-6-2-7-13-17)18-14-8-3-9-15-18;3*1-3-4-2;1-3-2;;/h3-13H,1-2H3;2-10H,1H3;4*1-15H;3*1,3-4H2,2H3;3H,1-2H2;;/b6-3-;;;;;;;;;;;/t13-;10-;;;;;;;;;;/m00........../s1. The summed E-state index contributed by atoms with van der Waals surface area (Å²) in [5.74, 6) is -2.10. The number of nitrogens with zero attached hydrogens (tertiary/aromatic N) is 4. The van der Waals surface area contributed by atoms with Gasteiger partial charge in [0.15, 0.2) is 0 Å². The number of carbonyl (C=O) groups excluding carboxylic acids is 4. The molecule has 2 aliphatic rings. The predicted octanol–water partition coefficient (Wildman–Crippen LogP) is 28.9. The second-order valence-corrected chi connectivity index (χ2v) is 58.3. The van der Waals surface area contributed by atoms with Crippen LogP contribution in [0.2, 0.25) is 22.9 Å². The van der Waals surface area contributed by atoms with Crippen LogP contribution in [0.1, 0.15) is 150 Å². The molecule has 2 aromatic heterocycles. The normalized spacial score (nSPS) is 12.2. The van der Waals surface area contributed by atoms with Crippen molar-refractivity contribution < 1.29 is 48.4 Å². The van der Waals surface area contributed by atoms with Crippen LogP contribution in [0.15, 0.2) is 480 Å². The zero-order chi connectivity index (χ0) is 101. The third-order valence-corrected chi connectivity index (χ3v) is 50.7. The van der Waals surface area contributed by atoms with Crippen molar-refractivity contribution in [3.63, 3.8) is 0 Å². The molecule has 0 aliphatic carbocycles. The molecule has 0 saturated carbocycles. The number of halogens is 3. The van der Waals surface area contributed by atoms with Gasteiger partial charge in [0.2, 0.25) is 0 Å². The number of benzene rings is 16. The molecule has 0 fully saturated rings. The van der Waals surface area contributed by atoms with Gasteiger partial charge in [0.05, 0.1) is 51.1 Å². The number of pyridine rings is 2. The summed E-state index contributed by atoms with van der Waals surface area (Å²) < 4.78 is 33.2. The number of hydrogen-bond acceptors (Lipinski definition) is 6. The van der Waals surface area contributed by atoms with Crippen LogP contribution in [0, 0.1) is 11.6 Å². The van der Waals surface area contributed by atoms with Gasteiger partial charge in [0, 0.05) is 54.5 Å². The largest absolute Gasteiger partial charge is 0.269 e. The van der Waals surface area contributed by atoms with Crippen LogP contribution < -0.4 is 63.7 Å². The Kier molecular flexibility index (Phi) is 42.9. The quantitative estimate of drug-likeness (QED) is 0.0159. The van der Waals surface area contributed by atoms with Crippen molar-refractivity contribution >= 4 is 177 Å². The van der Waals surface area contributed by atoms with Crippen molar-refractivity contribution in [2.45, 2.75) is 110 Å². The van der Waals surface area contributed by atoms with Crippen molar-refractivity contribution in [1.29, 1.82) is 0 Å². The van der Waals surface area contributed by atoms with Crippen LogP contribution in [0.3, 0.4) is 0 Å². The average Bonchev–Trinajstić information content (AvgIpc) is 1.62. The second-order valence-electron chi connectivity index (χ2n) is 35.1. The zero-order valence-corrected chi connectivity index (χ0v) is 91.4. The van der Waals surface area contributed by atoms with Gasteiger partial charge in [-0.15, -0.1) is 0 Å². The number of aromatic nitrogens is 2. The molecule has 2 atom stereocenters. The van der Waals surface area contributed by atoms with Crippen LogP contribution in [0.4, 0.5) is 8.78 Å². The molecule has 20 rings (SSSR count). The van der Waals surface area contributed by atoms with Crippen LogP contribution in [-0.4, -0.2) is 61.8 Å². The molecule has 0 saturated heterocycles. The second kappa shape index (κ2) is 56.8. The summed E-state index contributed by atoms with van der Waals surface area (Å²) in [6, 6.07) is 154. The molecule has 17 heteroatoms. The van der Waals surface area contributed by atoms with E-state index >= 15 is 0 Å². The fourth-order valence-corrected chi connectivity index (χ4v) is 42.6. The minimum absolute atomic E-state index is 0. The molecule has 0 bridgehead atoms. The number of unbranched alkanes of at least 4 members (excludes halogenated alkanes) is 3. The molecule has 0 unspecified atom stereocenters. The monoisotopic (exact) mass is 2200 g/mol. The first kappa shape index (κ1) is 110. The van der Waals surface area contributed by atoms with Crippen molar-refractivity contribution in [1.82, 2.24) is 19.8 Å². The van der Waals surface area contributed by atoms with Gasteiger partial charge in [-0.25, -0.2) is 18.7 Å². The van der Waals surface area contributed by atoms with E-state index in [0.717, 1.165) is 10.9 Å². The van der Waals surface area contributed by atoms with E-state index in [-0.39, 0.29) is 55.0 Å². The molecule has 0 N–H and O–H groups in total. The fourth-order valence-electron chi connectivity index (χ4n) is 18.0. The van der Waals surface area contributed by atoms with Crippen molar-refractivity contribution in [2.75, 3.05) is 0 Å². The van der Waals surface area contributed by atoms with E-state index < -0.39 is 68.0 Å². The van der Waals surface area contributed by atoms with E-state index in [4.69, 9.17) is 11.6 Å². The van der Waals surface area contributed by atoms with E-state index in [2.05, 4.69) is 407 Å². The first-order valence-electron chi connectivity index (χ1n) is 49.4. The Hall–Kier alpha value is -12.6. The molecular formula is C128H121ClF2N4O4P4PdSn. The first-order chi connectivity index (χ1) is 70.5. The molecule has 2 aliphatic heterocycles. The van der Waals surface area contributed by atoms with Crippen LogP contribution in [0.25, 0.3) is 27.9 Å². The number of rotatable bonds is 28. The van der Waals surface area contributed by atoms with Gasteiger partial charge >= 0.3 is 108 Å². The first-order valence-corrected chi connectivity index (χ1v) is 63.2. The summed E-state index contributed by atoms with van der Waals surface area (Å²) >= 11 is 4.48. The summed E-state index contributed by atoms with van der Waals surface area (Å²) in [5, 5.41) is 18.4. The molecule has 4 amide bonds. The number of allylic oxidation sites excluding steroid dienone is 2. The molecule has 145 heavy (non-hydrogen) atoms. The van der Waals surface area contributed by atoms with Gasteiger partial charge in [0.1, 0.15) is 16.8 Å². The third-order valence-electron chi connectivity index (χ3n) is 25.2. The van der Waals surface area contributed by atoms with Crippen molar-refractivity contribution in [3.8, 4) is 0 Å². The van der Waals surface area contributed by atoms with Crippen molar-refractivity contribution in [3.05, 3.63) is 536 Å². The molecule has 732 valence electrons. The van der Waals surface area contributed by atoms with Gasteiger partial charge in [-0.05, 0) is 183 Å². The summed E-state index contributed by atoms with van der Waals surface area (Å²) in [5.41, 5.74) is 4.43. The summed E-state index contributed by atoms with van der Waals surface area (Å²) in [4.78, 5) is 62.1. The fraction of sp³-hybridized carbons (Fsp3) is 0.141. The number of imide groups is 2. The van der Waals surface area contributed by atoms with E-state index in [9.17, 15) is 28.0 Å². The number of hydrogen-bond donors (Lipinski definition) is 0. The van der Waals surface area contributed by atoms with Crippen LogP contribution in [-0.2, 0) is 20.4 Å². The SMILES string of the molecule is C/C=C\c1nc2cc(F)ccc2cc1[C@H](C)N1C(=O)c2ccccc2C1=O.C=C[CH2][Sn]([CH2]CCC)([CH2]CCC)[CH2]CCC.C[C@@H](c1cc2ccc(F)cc2nc1Cl)N1C(=O)c2ccccc2C1=O.[Pd].c1ccc(P(c2ccccc2)c2ccccc2)cc1.c1ccc(P(c2ccccc2)c2ccccc2)cc1.c1ccc(P(c2ccccc2)c2ccccc2)cc1.c1ccc(P(c2ccccc2)c2ccccc2)cc1. The van der Waals surface area contributed by atoms with Gasteiger partial charge < -0.3 is 0 Å². The maximum Gasteiger partial charge on any atom is 0.262 e. The van der Waals surface area contributed by atoms with Gasteiger partial charge in [-0.3, -0.25) is 29.0 Å². The number of amides is 4. The summed E-state index contributed by atoms with van der Waals surface area (Å²) in [6.45, 7) is 16.4. The Morgan fingerprint density at radius 1 is 0.317 bits per heavy atom. The van der Waals surface area contributed by atoms with E-state index in [0.29, 0.717) is 49.9 Å². The molecule has 8 nitrogen and oxygen atoms in total. The summed E-state index contributed by atoms with van der Waals surface area (Å²) in [6.07, 6.45) is 14.5. The van der Waals surface area contributed by atoms with E-state index in [1.165, 1.54) is 141 Å². The molecule has 0 spiro atoms.